The molecule has 2 aliphatic heterocycles. The average Bonchev–Trinajstić information content (AvgIpc) is 2.90. The summed E-state index contributed by atoms with van der Waals surface area (Å²) in [5, 5.41) is 4.89. The van der Waals surface area contributed by atoms with E-state index in [9.17, 15) is 26.4 Å². The highest BCUT2D eigenvalue weighted by Gasteiger charge is 2.29. The van der Waals surface area contributed by atoms with Gasteiger partial charge in [0.1, 0.15) is 0 Å². The minimum Gasteiger partial charge on any atom is -0.379 e. The Morgan fingerprint density at radius 3 is 2.44 bits per heavy atom. The lowest BCUT2D eigenvalue weighted by Gasteiger charge is -2.25. The molecule has 2 fully saturated rings. The number of ether oxygens (including phenoxy) is 1. The number of sulfone groups is 1. The van der Waals surface area contributed by atoms with Gasteiger partial charge in [0.15, 0.2) is 9.84 Å². The summed E-state index contributed by atoms with van der Waals surface area (Å²) >= 11 is 0. The normalized spacial score (nSPS) is 23.9. The molecule has 1 unspecified atom stereocenters. The second-order valence-corrected chi connectivity index (χ2v) is 10.3. The second-order valence-electron chi connectivity index (χ2n) is 6.02. The summed E-state index contributed by atoms with van der Waals surface area (Å²) in [7, 11) is -6.61. The fourth-order valence-electron chi connectivity index (χ4n) is 2.63. The van der Waals surface area contributed by atoms with Gasteiger partial charge in [-0.25, -0.2) is 16.8 Å². The van der Waals surface area contributed by atoms with Crippen molar-refractivity contribution in [1.82, 2.24) is 14.9 Å². The van der Waals surface area contributed by atoms with Crippen molar-refractivity contribution in [3.05, 3.63) is 0 Å². The molecule has 25 heavy (non-hydrogen) atoms. The molecule has 12 heteroatoms. The second kappa shape index (κ2) is 8.43. The van der Waals surface area contributed by atoms with Crippen molar-refractivity contribution < 1.29 is 31.2 Å². The molecule has 0 radical (unpaired) electrons. The van der Waals surface area contributed by atoms with Gasteiger partial charge in [-0.1, -0.05) is 0 Å². The van der Waals surface area contributed by atoms with Gasteiger partial charge in [-0.05, 0) is 6.42 Å². The van der Waals surface area contributed by atoms with Crippen molar-refractivity contribution in [1.29, 1.82) is 0 Å². The first-order chi connectivity index (χ1) is 11.7. The maximum Gasteiger partial charge on any atom is 0.239 e. The summed E-state index contributed by atoms with van der Waals surface area (Å²) in [6.07, 6.45) is 0.116. The Morgan fingerprint density at radius 1 is 1.16 bits per heavy atom. The molecule has 0 aromatic heterocycles. The van der Waals surface area contributed by atoms with Gasteiger partial charge in [0.05, 0.1) is 37.0 Å². The zero-order valence-corrected chi connectivity index (χ0v) is 15.4. The molecule has 2 N–H and O–H groups in total. The van der Waals surface area contributed by atoms with Crippen molar-refractivity contribution in [3.63, 3.8) is 0 Å². The lowest BCUT2D eigenvalue weighted by molar-refractivity contribution is -0.126. The van der Waals surface area contributed by atoms with E-state index in [1.54, 1.807) is 0 Å². The molecule has 2 aliphatic rings. The minimum atomic E-state index is -3.52. The molecule has 2 rings (SSSR count). The minimum absolute atomic E-state index is 0.0453. The highest BCUT2D eigenvalue weighted by Crippen LogP contribution is 2.11. The van der Waals surface area contributed by atoms with Crippen LogP contribution in [-0.2, 0) is 34.2 Å². The molecule has 2 saturated heterocycles. The molecule has 0 spiro atoms. The summed E-state index contributed by atoms with van der Waals surface area (Å²) in [5.41, 5.74) is 0. The van der Waals surface area contributed by atoms with Crippen LogP contribution in [-0.4, -0.2) is 89.1 Å². The summed E-state index contributed by atoms with van der Waals surface area (Å²) in [6, 6.07) is -0.434. The lowest BCUT2D eigenvalue weighted by atomic mass is 10.2. The maximum atomic E-state index is 12.1. The predicted molar refractivity (Wildman–Crippen MR) is 89.0 cm³/mol. The molecule has 10 nitrogen and oxygen atoms in total. The summed E-state index contributed by atoms with van der Waals surface area (Å²) in [6.45, 7) is 0.908. The predicted octanol–water partition coefficient (Wildman–Crippen LogP) is -2.54. The van der Waals surface area contributed by atoms with Crippen LogP contribution in [0.3, 0.4) is 0 Å². The molecule has 2 amide bonds. The zero-order chi connectivity index (χ0) is 18.5. The molecular weight excluding hydrogens is 374 g/mol. The Kier molecular flexibility index (Phi) is 6.77. The van der Waals surface area contributed by atoms with Crippen LogP contribution in [0.2, 0.25) is 0 Å². The van der Waals surface area contributed by atoms with Gasteiger partial charge in [-0.15, -0.1) is 0 Å². The number of carbonyl (C=O) groups excluding carboxylic acids is 2. The van der Waals surface area contributed by atoms with Crippen molar-refractivity contribution in [3.8, 4) is 0 Å². The van der Waals surface area contributed by atoms with Crippen LogP contribution in [0.15, 0.2) is 0 Å². The monoisotopic (exact) mass is 397 g/mol. The fourth-order valence-corrected chi connectivity index (χ4v) is 5.71. The van der Waals surface area contributed by atoms with Crippen LogP contribution in [0.5, 0.6) is 0 Å². The quantitative estimate of drug-likeness (QED) is 0.482. The maximum absolute atomic E-state index is 12.1. The first-order valence-corrected chi connectivity index (χ1v) is 11.4. The molecule has 0 aromatic rings. The van der Waals surface area contributed by atoms with E-state index in [1.807, 2.05) is 0 Å². The van der Waals surface area contributed by atoms with E-state index in [4.69, 9.17) is 4.74 Å². The van der Waals surface area contributed by atoms with Crippen LogP contribution in [0.1, 0.15) is 12.8 Å². The standard InChI is InChI=1S/C13H23N3O7S2/c17-12(2-8-25(21,22)16-3-5-23-6-4-16)14-9-13(18)15-11-1-7-24(19,20)10-11/h11H,1-10H2,(H,14,17)(H,15,18). The summed E-state index contributed by atoms with van der Waals surface area (Å²) in [4.78, 5) is 23.4. The summed E-state index contributed by atoms with van der Waals surface area (Å²) < 4.78 is 53.1. The first kappa shape index (κ1) is 20.1. The highest BCUT2D eigenvalue weighted by molar-refractivity contribution is 7.91. The van der Waals surface area contributed by atoms with Crippen LogP contribution in [0, 0.1) is 0 Å². The van der Waals surface area contributed by atoms with Crippen molar-refractivity contribution in [2.75, 3.05) is 50.1 Å². The highest BCUT2D eigenvalue weighted by atomic mass is 32.2. The van der Waals surface area contributed by atoms with Crippen LogP contribution >= 0.6 is 0 Å². The van der Waals surface area contributed by atoms with Crippen LogP contribution in [0.4, 0.5) is 0 Å². The van der Waals surface area contributed by atoms with Gasteiger partial charge in [-0.3, -0.25) is 9.59 Å². The van der Waals surface area contributed by atoms with Crippen LogP contribution in [0.25, 0.3) is 0 Å². The van der Waals surface area contributed by atoms with Crippen LogP contribution < -0.4 is 10.6 Å². The number of hydrogen-bond donors (Lipinski definition) is 2. The Hall–Kier alpha value is -1.24. The zero-order valence-electron chi connectivity index (χ0n) is 13.8. The molecule has 1 atom stereocenters. The number of hydrogen-bond acceptors (Lipinski definition) is 7. The largest absolute Gasteiger partial charge is 0.379 e. The smallest absolute Gasteiger partial charge is 0.239 e. The van der Waals surface area contributed by atoms with E-state index < -0.39 is 37.7 Å². The molecule has 0 aromatic carbocycles. The van der Waals surface area contributed by atoms with E-state index >= 15 is 0 Å². The molecule has 0 bridgehead atoms. The van der Waals surface area contributed by atoms with Gasteiger partial charge < -0.3 is 15.4 Å². The van der Waals surface area contributed by atoms with Gasteiger partial charge in [0.2, 0.25) is 21.8 Å². The van der Waals surface area contributed by atoms with E-state index in [-0.39, 0.29) is 43.3 Å². The molecular formula is C13H23N3O7S2. The van der Waals surface area contributed by atoms with E-state index in [1.165, 1.54) is 4.31 Å². The van der Waals surface area contributed by atoms with Crippen molar-refractivity contribution >= 4 is 31.7 Å². The third-order valence-corrected chi connectivity index (χ3v) is 7.63. The number of morpholine rings is 1. The van der Waals surface area contributed by atoms with Gasteiger partial charge in [-0.2, -0.15) is 4.31 Å². The number of rotatable bonds is 7. The van der Waals surface area contributed by atoms with Gasteiger partial charge in [0.25, 0.3) is 0 Å². The molecule has 2 heterocycles. The lowest BCUT2D eigenvalue weighted by Crippen LogP contribution is -2.44. The molecule has 144 valence electrons. The van der Waals surface area contributed by atoms with Gasteiger partial charge >= 0.3 is 0 Å². The average molecular weight is 397 g/mol. The van der Waals surface area contributed by atoms with Gasteiger partial charge in [0, 0.05) is 25.6 Å². The third kappa shape index (κ3) is 6.53. The van der Waals surface area contributed by atoms with E-state index in [0.717, 1.165) is 0 Å². The first-order valence-electron chi connectivity index (χ1n) is 8.00. The number of sulfonamides is 1. The molecule has 0 aliphatic carbocycles. The Bertz CT molecular complexity index is 699. The SMILES string of the molecule is O=C(CCS(=O)(=O)N1CCOCC1)NCC(=O)NC1CCS(=O)(=O)C1. The Morgan fingerprint density at radius 2 is 1.84 bits per heavy atom. The van der Waals surface area contributed by atoms with Crippen molar-refractivity contribution in [2.24, 2.45) is 0 Å². The molecule has 0 saturated carbocycles. The number of carbonyl (C=O) groups is 2. The number of amides is 2. The number of nitrogens with one attached hydrogen (secondary N) is 2. The van der Waals surface area contributed by atoms with E-state index in [2.05, 4.69) is 10.6 Å². The Labute approximate surface area is 147 Å². The third-order valence-electron chi connectivity index (χ3n) is 3.99. The van der Waals surface area contributed by atoms with Crippen molar-refractivity contribution in [2.45, 2.75) is 18.9 Å². The summed E-state index contributed by atoms with van der Waals surface area (Å²) in [5.74, 6) is -1.42. The fraction of sp³-hybridized carbons (Fsp3) is 0.846. The topological polar surface area (TPSA) is 139 Å². The Balaban J connectivity index is 1.67. The number of nitrogens with zero attached hydrogens (tertiary/aromatic N) is 1. The van der Waals surface area contributed by atoms with E-state index in [0.29, 0.717) is 19.6 Å².